The summed E-state index contributed by atoms with van der Waals surface area (Å²) in [6.45, 7) is 7.17. The smallest absolute Gasteiger partial charge is 0.254 e. The fourth-order valence-electron chi connectivity index (χ4n) is 2.26. The molecular weight excluding hydrogens is 238 g/mol. The molecule has 0 spiro atoms. The first-order chi connectivity index (χ1) is 8.58. The summed E-state index contributed by atoms with van der Waals surface area (Å²) < 4.78 is 16.0. The van der Waals surface area contributed by atoms with E-state index >= 15 is 0 Å². The molecule has 0 aromatic rings. The predicted octanol–water partition coefficient (Wildman–Crippen LogP) is -0.255. The van der Waals surface area contributed by atoms with Gasteiger partial charge in [-0.15, -0.1) is 0 Å². The molecule has 6 nitrogen and oxygen atoms in total. The highest BCUT2D eigenvalue weighted by Crippen LogP contribution is 2.33. The van der Waals surface area contributed by atoms with E-state index < -0.39 is 18.3 Å². The zero-order valence-corrected chi connectivity index (χ0v) is 11.0. The molecular formula is C12H21NO5. The van der Waals surface area contributed by atoms with E-state index in [1.165, 1.54) is 0 Å². The standard InChI is InChI=1S/C12H21NO5/c1-4-13(5-2)12(15)11-10(18-11)9-8(14)6-16-7(3)17-9/h7-11,14H,4-6H2,1-3H3/t7-,8-,9-,10+,11-/m1/s1. The maximum Gasteiger partial charge on any atom is 0.254 e. The van der Waals surface area contributed by atoms with Crippen molar-refractivity contribution < 1.29 is 24.1 Å². The summed E-state index contributed by atoms with van der Waals surface area (Å²) in [5.41, 5.74) is 0. The summed E-state index contributed by atoms with van der Waals surface area (Å²) in [4.78, 5) is 13.8. The van der Waals surface area contributed by atoms with Crippen LogP contribution < -0.4 is 0 Å². The number of aliphatic hydroxyl groups excluding tert-OH is 1. The molecule has 2 aliphatic heterocycles. The lowest BCUT2D eigenvalue weighted by Gasteiger charge is -2.31. The Hall–Kier alpha value is -0.690. The van der Waals surface area contributed by atoms with Crippen LogP contribution in [0.3, 0.4) is 0 Å². The van der Waals surface area contributed by atoms with E-state index in [2.05, 4.69) is 0 Å². The first-order valence-corrected chi connectivity index (χ1v) is 6.47. The number of ether oxygens (including phenoxy) is 3. The molecule has 0 radical (unpaired) electrons. The number of hydrogen-bond acceptors (Lipinski definition) is 5. The number of amides is 1. The van der Waals surface area contributed by atoms with Crippen LogP contribution in [0.15, 0.2) is 0 Å². The number of carbonyl (C=O) groups excluding carboxylic acids is 1. The van der Waals surface area contributed by atoms with Crippen molar-refractivity contribution in [1.82, 2.24) is 4.90 Å². The minimum absolute atomic E-state index is 0.0278. The summed E-state index contributed by atoms with van der Waals surface area (Å²) in [6.07, 6.45) is -2.40. The Kier molecular flexibility index (Phi) is 4.21. The van der Waals surface area contributed by atoms with Crippen molar-refractivity contribution in [3.05, 3.63) is 0 Å². The molecule has 0 aliphatic carbocycles. The first-order valence-electron chi connectivity index (χ1n) is 6.47. The Balaban J connectivity index is 1.91. The van der Waals surface area contributed by atoms with E-state index in [0.29, 0.717) is 13.1 Å². The second kappa shape index (κ2) is 5.52. The maximum absolute atomic E-state index is 12.0. The van der Waals surface area contributed by atoms with Crippen LogP contribution in [0.5, 0.6) is 0 Å². The molecule has 1 N–H and O–H groups in total. The van der Waals surface area contributed by atoms with Crippen LogP contribution in [-0.2, 0) is 19.0 Å². The van der Waals surface area contributed by atoms with Crippen LogP contribution in [0.1, 0.15) is 20.8 Å². The molecule has 5 atom stereocenters. The molecule has 6 heteroatoms. The highest BCUT2D eigenvalue weighted by atomic mass is 16.7. The third-order valence-electron chi connectivity index (χ3n) is 3.40. The Morgan fingerprint density at radius 1 is 1.28 bits per heavy atom. The molecule has 0 unspecified atom stereocenters. The van der Waals surface area contributed by atoms with Gasteiger partial charge in [-0.05, 0) is 20.8 Å². The number of aliphatic hydroxyl groups is 1. The lowest BCUT2D eigenvalue weighted by molar-refractivity contribution is -0.247. The zero-order chi connectivity index (χ0) is 13.3. The van der Waals surface area contributed by atoms with E-state index in [4.69, 9.17) is 14.2 Å². The van der Waals surface area contributed by atoms with Gasteiger partial charge in [0.15, 0.2) is 12.4 Å². The van der Waals surface area contributed by atoms with Gasteiger partial charge in [-0.25, -0.2) is 0 Å². The summed E-state index contributed by atoms with van der Waals surface area (Å²) in [5, 5.41) is 9.79. The van der Waals surface area contributed by atoms with Crippen LogP contribution in [0.2, 0.25) is 0 Å². The van der Waals surface area contributed by atoms with Crippen LogP contribution in [0.4, 0.5) is 0 Å². The summed E-state index contributed by atoms with van der Waals surface area (Å²) in [6, 6.07) is 0. The third-order valence-corrected chi connectivity index (χ3v) is 3.40. The van der Waals surface area contributed by atoms with Crippen LogP contribution >= 0.6 is 0 Å². The van der Waals surface area contributed by atoms with Gasteiger partial charge in [0.2, 0.25) is 0 Å². The van der Waals surface area contributed by atoms with Crippen molar-refractivity contribution in [1.29, 1.82) is 0 Å². The Bertz CT molecular complexity index is 307. The molecule has 2 saturated heterocycles. The van der Waals surface area contributed by atoms with Gasteiger partial charge in [-0.1, -0.05) is 0 Å². The van der Waals surface area contributed by atoms with Crippen molar-refractivity contribution >= 4 is 5.91 Å². The second-order valence-corrected chi connectivity index (χ2v) is 4.60. The Morgan fingerprint density at radius 3 is 2.56 bits per heavy atom. The molecule has 1 amide bonds. The average Bonchev–Trinajstić information content (AvgIpc) is 3.13. The molecule has 104 valence electrons. The fourth-order valence-corrected chi connectivity index (χ4v) is 2.26. The number of rotatable bonds is 4. The average molecular weight is 259 g/mol. The fraction of sp³-hybridized carbons (Fsp3) is 0.917. The van der Waals surface area contributed by atoms with Gasteiger partial charge < -0.3 is 24.2 Å². The van der Waals surface area contributed by atoms with Gasteiger partial charge in [0.05, 0.1) is 6.61 Å². The molecule has 0 aromatic carbocycles. The minimum Gasteiger partial charge on any atom is -0.388 e. The van der Waals surface area contributed by atoms with Crippen molar-refractivity contribution in [2.24, 2.45) is 0 Å². The zero-order valence-electron chi connectivity index (χ0n) is 11.0. The first kappa shape index (κ1) is 13.7. The Morgan fingerprint density at radius 2 is 1.94 bits per heavy atom. The largest absolute Gasteiger partial charge is 0.388 e. The molecule has 0 bridgehead atoms. The molecule has 2 rings (SSSR count). The topological polar surface area (TPSA) is 71.5 Å². The minimum atomic E-state index is -0.735. The SMILES string of the molecule is CCN(CC)C(=O)[C@@H]1O[C@H]1[C@@H]1O[C@H](C)OC[C@H]1O. The second-order valence-electron chi connectivity index (χ2n) is 4.60. The van der Waals surface area contributed by atoms with Gasteiger partial charge in [0.1, 0.15) is 18.3 Å². The monoisotopic (exact) mass is 259 g/mol. The van der Waals surface area contributed by atoms with Gasteiger partial charge >= 0.3 is 0 Å². The summed E-state index contributed by atoms with van der Waals surface area (Å²) in [5.74, 6) is -0.0278. The molecule has 0 saturated carbocycles. The van der Waals surface area contributed by atoms with E-state index in [9.17, 15) is 9.90 Å². The predicted molar refractivity (Wildman–Crippen MR) is 62.9 cm³/mol. The number of epoxide rings is 1. The lowest BCUT2D eigenvalue weighted by Crippen LogP contribution is -2.47. The number of likely N-dealkylation sites (N-methyl/N-ethyl adjacent to an activating group) is 1. The van der Waals surface area contributed by atoms with Crippen molar-refractivity contribution in [2.75, 3.05) is 19.7 Å². The molecule has 2 fully saturated rings. The number of carbonyl (C=O) groups is 1. The quantitative estimate of drug-likeness (QED) is 0.705. The van der Waals surface area contributed by atoms with Gasteiger partial charge in [0.25, 0.3) is 5.91 Å². The van der Waals surface area contributed by atoms with Crippen molar-refractivity contribution in [2.45, 2.75) is 51.5 Å². The van der Waals surface area contributed by atoms with E-state index in [-0.39, 0.29) is 24.9 Å². The lowest BCUT2D eigenvalue weighted by atomic mass is 10.1. The molecule has 2 aliphatic rings. The molecule has 18 heavy (non-hydrogen) atoms. The van der Waals surface area contributed by atoms with Gasteiger partial charge in [0, 0.05) is 13.1 Å². The van der Waals surface area contributed by atoms with Crippen LogP contribution in [0, 0.1) is 0 Å². The molecule has 0 aromatic heterocycles. The van der Waals surface area contributed by atoms with Gasteiger partial charge in [-0.2, -0.15) is 0 Å². The Labute approximate surface area is 107 Å². The highest BCUT2D eigenvalue weighted by molar-refractivity contribution is 5.84. The molecule has 2 heterocycles. The number of nitrogens with zero attached hydrogens (tertiary/aromatic N) is 1. The van der Waals surface area contributed by atoms with E-state index in [0.717, 1.165) is 0 Å². The highest BCUT2D eigenvalue weighted by Gasteiger charge is 2.55. The van der Waals surface area contributed by atoms with E-state index in [1.807, 2.05) is 13.8 Å². The summed E-state index contributed by atoms with van der Waals surface area (Å²) in [7, 11) is 0. The third kappa shape index (κ3) is 2.66. The van der Waals surface area contributed by atoms with Crippen LogP contribution in [-0.4, -0.2) is 66.3 Å². The maximum atomic E-state index is 12.0. The van der Waals surface area contributed by atoms with Crippen molar-refractivity contribution in [3.8, 4) is 0 Å². The van der Waals surface area contributed by atoms with Gasteiger partial charge in [-0.3, -0.25) is 4.79 Å². The van der Waals surface area contributed by atoms with Crippen LogP contribution in [0.25, 0.3) is 0 Å². The van der Waals surface area contributed by atoms with Crippen molar-refractivity contribution in [3.63, 3.8) is 0 Å². The summed E-state index contributed by atoms with van der Waals surface area (Å²) >= 11 is 0. The normalized spacial score (nSPS) is 39.4. The van der Waals surface area contributed by atoms with E-state index in [1.54, 1.807) is 11.8 Å². The number of hydrogen-bond donors (Lipinski definition) is 1.